The number of amides is 1. The molecule has 0 radical (unpaired) electrons. The molecule has 2 atom stereocenters. The van der Waals surface area contributed by atoms with E-state index in [4.69, 9.17) is 4.74 Å². The largest absolute Gasteiger partial charge is 0.491 e. The van der Waals surface area contributed by atoms with Crippen molar-refractivity contribution in [2.75, 3.05) is 26.7 Å². The third-order valence-electron chi connectivity index (χ3n) is 8.00. The van der Waals surface area contributed by atoms with E-state index in [1.807, 2.05) is 17.0 Å². The molecule has 7 heteroatoms. The summed E-state index contributed by atoms with van der Waals surface area (Å²) in [4.78, 5) is 21.1. The van der Waals surface area contributed by atoms with Crippen molar-refractivity contribution in [3.63, 3.8) is 0 Å². The highest BCUT2D eigenvalue weighted by Crippen LogP contribution is 2.35. The normalized spacial score (nSPS) is 22.0. The summed E-state index contributed by atoms with van der Waals surface area (Å²) >= 11 is 0. The van der Waals surface area contributed by atoms with Crippen LogP contribution < -0.4 is 15.6 Å². The number of nitrogens with zero attached hydrogens (tertiary/aromatic N) is 2. The van der Waals surface area contributed by atoms with Crippen molar-refractivity contribution in [2.45, 2.75) is 57.8 Å². The number of likely N-dealkylation sites (N-methyl/N-ethyl adjacent to an activating group) is 1. The van der Waals surface area contributed by atoms with E-state index in [-0.39, 0.29) is 5.91 Å². The molecule has 7 nitrogen and oxygen atoms in total. The molecule has 1 aliphatic carbocycles. The fourth-order valence-electron chi connectivity index (χ4n) is 5.92. The number of fused-ring (bicyclic) bond motifs is 2. The zero-order valence-electron chi connectivity index (χ0n) is 21.3. The zero-order chi connectivity index (χ0) is 24.6. The molecule has 0 spiro atoms. The van der Waals surface area contributed by atoms with Crippen LogP contribution in [0, 0.1) is 12.8 Å². The Bertz CT molecular complexity index is 1250. The van der Waals surface area contributed by atoms with Gasteiger partial charge in [-0.3, -0.25) is 15.6 Å². The molecule has 190 valence electrons. The van der Waals surface area contributed by atoms with Gasteiger partial charge in [-0.05, 0) is 68.5 Å². The first kappa shape index (κ1) is 23.5. The van der Waals surface area contributed by atoms with E-state index in [1.165, 1.54) is 24.8 Å². The first-order valence-corrected chi connectivity index (χ1v) is 13.3. The number of nitrogens with one attached hydrogen (secondary N) is 3. The Kier molecular flexibility index (Phi) is 6.46. The molecule has 3 aliphatic rings. The molecule has 36 heavy (non-hydrogen) atoms. The summed E-state index contributed by atoms with van der Waals surface area (Å²) in [6.45, 7) is 5.65. The maximum Gasteiger partial charge on any atom is 0.227 e. The lowest BCUT2D eigenvalue weighted by Crippen LogP contribution is -2.39. The standard InChI is InChI=1S/C29H37N5O2/c1-19-25(24-5-3-4-6-26(24)30-19)15-29(35)34-11-12-36-28-10-7-20(13-22(28)17-34)16-33(2)18-23-14-27(32-31-23)21-8-9-21/h3-7,10,13,21,23,27,30-32H,8-9,11-12,14-18H2,1-2H3. The van der Waals surface area contributed by atoms with Crippen molar-refractivity contribution in [1.82, 2.24) is 25.6 Å². The monoisotopic (exact) mass is 487 g/mol. The van der Waals surface area contributed by atoms with Gasteiger partial charge in [0.05, 0.1) is 13.0 Å². The summed E-state index contributed by atoms with van der Waals surface area (Å²) in [6.07, 6.45) is 4.36. The van der Waals surface area contributed by atoms with E-state index in [2.05, 4.69) is 65.0 Å². The molecule has 3 heterocycles. The van der Waals surface area contributed by atoms with Crippen molar-refractivity contribution in [3.8, 4) is 5.75 Å². The van der Waals surface area contributed by atoms with E-state index in [0.29, 0.717) is 38.2 Å². The Hall–Kier alpha value is -2.87. The van der Waals surface area contributed by atoms with Gasteiger partial charge in [0, 0.05) is 53.9 Å². The Labute approximate surface area is 213 Å². The van der Waals surface area contributed by atoms with Gasteiger partial charge in [-0.2, -0.15) is 0 Å². The Morgan fingerprint density at radius 1 is 1.17 bits per heavy atom. The number of H-pyrrole nitrogens is 1. The summed E-state index contributed by atoms with van der Waals surface area (Å²) in [6, 6.07) is 15.8. The number of hydrogen-bond donors (Lipinski definition) is 3. The van der Waals surface area contributed by atoms with Crippen molar-refractivity contribution in [3.05, 3.63) is 64.8 Å². The number of para-hydroxylation sites is 1. The molecule has 0 bridgehead atoms. The molecular weight excluding hydrogens is 450 g/mol. The topological polar surface area (TPSA) is 72.6 Å². The second kappa shape index (κ2) is 9.88. The van der Waals surface area contributed by atoms with Gasteiger partial charge < -0.3 is 19.5 Å². The van der Waals surface area contributed by atoms with Crippen LogP contribution in [0.3, 0.4) is 0 Å². The van der Waals surface area contributed by atoms with Crippen LogP contribution in [0.15, 0.2) is 42.5 Å². The van der Waals surface area contributed by atoms with Crippen LogP contribution in [0.25, 0.3) is 10.9 Å². The van der Waals surface area contributed by atoms with Gasteiger partial charge in [-0.15, -0.1) is 0 Å². The predicted octanol–water partition coefficient (Wildman–Crippen LogP) is 3.52. The summed E-state index contributed by atoms with van der Waals surface area (Å²) < 4.78 is 6.03. The van der Waals surface area contributed by atoms with Crippen LogP contribution >= 0.6 is 0 Å². The maximum atomic E-state index is 13.4. The molecule has 3 N–H and O–H groups in total. The van der Waals surface area contributed by atoms with Gasteiger partial charge in [-0.1, -0.05) is 24.3 Å². The average Bonchev–Trinajstić information content (AvgIpc) is 3.58. The van der Waals surface area contributed by atoms with E-state index < -0.39 is 0 Å². The van der Waals surface area contributed by atoms with Crippen LogP contribution in [0.4, 0.5) is 0 Å². The number of rotatable bonds is 7. The molecule has 1 amide bonds. The van der Waals surface area contributed by atoms with Crippen LogP contribution in [-0.4, -0.2) is 59.5 Å². The number of benzene rings is 2. The molecule has 2 aromatic carbocycles. The van der Waals surface area contributed by atoms with Crippen LogP contribution in [0.2, 0.25) is 0 Å². The van der Waals surface area contributed by atoms with Gasteiger partial charge in [-0.25, -0.2) is 0 Å². The number of aromatic nitrogens is 1. The van der Waals surface area contributed by atoms with Crippen molar-refractivity contribution in [2.24, 2.45) is 5.92 Å². The zero-order valence-corrected chi connectivity index (χ0v) is 21.3. The minimum atomic E-state index is 0.145. The molecule has 2 fully saturated rings. The average molecular weight is 488 g/mol. The minimum absolute atomic E-state index is 0.145. The summed E-state index contributed by atoms with van der Waals surface area (Å²) in [5, 5.41) is 1.13. The molecule has 3 aromatic rings. The third kappa shape index (κ3) is 5.01. The summed E-state index contributed by atoms with van der Waals surface area (Å²) in [5.41, 5.74) is 12.6. The number of carbonyl (C=O) groups excluding carboxylic acids is 1. The van der Waals surface area contributed by atoms with Gasteiger partial charge in [0.2, 0.25) is 5.91 Å². The van der Waals surface area contributed by atoms with Crippen LogP contribution in [-0.2, 0) is 24.3 Å². The quantitative estimate of drug-likeness (QED) is 0.476. The van der Waals surface area contributed by atoms with Gasteiger partial charge >= 0.3 is 0 Å². The van der Waals surface area contributed by atoms with E-state index in [1.54, 1.807) is 0 Å². The van der Waals surface area contributed by atoms with E-state index in [0.717, 1.165) is 52.5 Å². The number of ether oxygens (including phenoxy) is 1. The Morgan fingerprint density at radius 2 is 2.03 bits per heavy atom. The first-order chi connectivity index (χ1) is 17.5. The molecule has 6 rings (SSSR count). The van der Waals surface area contributed by atoms with Crippen LogP contribution in [0.1, 0.15) is 41.6 Å². The smallest absolute Gasteiger partial charge is 0.227 e. The van der Waals surface area contributed by atoms with Crippen molar-refractivity contribution >= 4 is 16.8 Å². The highest BCUT2D eigenvalue weighted by Gasteiger charge is 2.36. The van der Waals surface area contributed by atoms with Crippen molar-refractivity contribution < 1.29 is 9.53 Å². The Balaban J connectivity index is 1.10. The molecular formula is C29H37N5O2. The molecule has 2 aliphatic heterocycles. The molecule has 1 saturated carbocycles. The van der Waals surface area contributed by atoms with Gasteiger partial charge in [0.15, 0.2) is 0 Å². The van der Waals surface area contributed by atoms with E-state index in [9.17, 15) is 4.79 Å². The van der Waals surface area contributed by atoms with E-state index >= 15 is 0 Å². The molecule has 1 aromatic heterocycles. The summed E-state index contributed by atoms with van der Waals surface area (Å²) in [5.74, 6) is 1.92. The molecule has 1 saturated heterocycles. The second-order valence-corrected chi connectivity index (χ2v) is 10.9. The SMILES string of the molecule is Cc1[nH]c2ccccc2c1CC(=O)N1CCOc2ccc(CN(C)CC3CC(C4CC4)NN3)cc2C1. The van der Waals surface area contributed by atoms with Gasteiger partial charge in [0.1, 0.15) is 12.4 Å². The fourth-order valence-corrected chi connectivity index (χ4v) is 5.92. The molecule has 2 unspecified atom stereocenters. The first-order valence-electron chi connectivity index (χ1n) is 13.3. The maximum absolute atomic E-state index is 13.4. The predicted molar refractivity (Wildman–Crippen MR) is 142 cm³/mol. The lowest BCUT2D eigenvalue weighted by molar-refractivity contribution is -0.131. The lowest BCUT2D eigenvalue weighted by atomic mass is 10.0. The minimum Gasteiger partial charge on any atom is -0.491 e. The van der Waals surface area contributed by atoms with Gasteiger partial charge in [0.25, 0.3) is 0 Å². The number of hydrazine groups is 1. The highest BCUT2D eigenvalue weighted by atomic mass is 16.5. The Morgan fingerprint density at radius 3 is 2.89 bits per heavy atom. The number of carbonyl (C=O) groups is 1. The fraction of sp³-hybridized carbons (Fsp3) is 0.483. The number of hydrogen-bond acceptors (Lipinski definition) is 5. The summed E-state index contributed by atoms with van der Waals surface area (Å²) in [7, 11) is 2.19. The second-order valence-electron chi connectivity index (χ2n) is 10.9. The third-order valence-corrected chi connectivity index (χ3v) is 8.00. The van der Waals surface area contributed by atoms with Crippen molar-refractivity contribution in [1.29, 1.82) is 0 Å². The number of aromatic amines is 1. The lowest BCUT2D eigenvalue weighted by Gasteiger charge is -2.22. The van der Waals surface area contributed by atoms with Crippen LogP contribution in [0.5, 0.6) is 5.75 Å². The highest BCUT2D eigenvalue weighted by molar-refractivity contribution is 5.90. The number of aryl methyl sites for hydroxylation is 1.